The molecule has 0 bridgehead atoms. The molecule has 11 heavy (non-hydrogen) atoms. The van der Waals surface area contributed by atoms with Gasteiger partial charge in [0.15, 0.2) is 0 Å². The number of hydrogen-bond acceptors (Lipinski definition) is 1. The predicted molar refractivity (Wildman–Crippen MR) is 51.2 cm³/mol. The van der Waals surface area contributed by atoms with Gasteiger partial charge in [0.25, 0.3) is 0 Å². The van der Waals surface area contributed by atoms with Gasteiger partial charge in [0.1, 0.15) is 0 Å². The van der Waals surface area contributed by atoms with Gasteiger partial charge < -0.3 is 0 Å². The number of aliphatic hydroxyl groups is 1. The van der Waals surface area contributed by atoms with E-state index in [-0.39, 0.29) is 0 Å². The second kappa shape index (κ2) is 8.57. The first-order chi connectivity index (χ1) is 5.35. The molecular formula is C9H20OSe. The number of rotatable bonds is 7. The number of unbranched alkanes of at least 4 members (excludes halogenated alkanes) is 3. The summed E-state index contributed by atoms with van der Waals surface area (Å²) in [6, 6.07) is 0. The Bertz CT molecular complexity index is 72.0. The van der Waals surface area contributed by atoms with Gasteiger partial charge in [0.2, 0.25) is 0 Å². The molecule has 0 aliphatic heterocycles. The fourth-order valence-electron chi connectivity index (χ4n) is 1.08. The second-order valence-corrected chi connectivity index (χ2v) is 5.28. The average molecular weight is 223 g/mol. The molecule has 0 saturated heterocycles. The molecular weight excluding hydrogens is 203 g/mol. The zero-order chi connectivity index (χ0) is 8.53. The van der Waals surface area contributed by atoms with Crippen LogP contribution >= 0.6 is 0 Å². The van der Waals surface area contributed by atoms with E-state index in [2.05, 4.69) is 12.7 Å². The molecule has 1 N–H and O–H groups in total. The summed E-state index contributed by atoms with van der Waals surface area (Å²) in [6.45, 7) is 2.63. The molecule has 0 radical (unpaired) electrons. The van der Waals surface area contributed by atoms with Gasteiger partial charge in [-0.3, -0.25) is 0 Å². The molecule has 0 fully saturated rings. The van der Waals surface area contributed by atoms with Crippen molar-refractivity contribution in [1.82, 2.24) is 0 Å². The first kappa shape index (κ1) is 11.5. The van der Waals surface area contributed by atoms with Gasteiger partial charge in [-0.25, -0.2) is 0 Å². The van der Waals surface area contributed by atoms with Gasteiger partial charge in [0.05, 0.1) is 0 Å². The van der Waals surface area contributed by atoms with Crippen LogP contribution in [0.2, 0.25) is 10.6 Å². The van der Waals surface area contributed by atoms with E-state index in [0.29, 0.717) is 26.4 Å². The van der Waals surface area contributed by atoms with E-state index in [1.165, 1.54) is 32.1 Å². The van der Waals surface area contributed by atoms with Gasteiger partial charge in [-0.1, -0.05) is 0 Å². The van der Waals surface area contributed by atoms with Crippen molar-refractivity contribution in [2.24, 2.45) is 0 Å². The van der Waals surface area contributed by atoms with Crippen LogP contribution in [0.15, 0.2) is 0 Å². The zero-order valence-corrected chi connectivity index (χ0v) is 9.39. The first-order valence-corrected chi connectivity index (χ1v) is 7.19. The summed E-state index contributed by atoms with van der Waals surface area (Å²) in [4.78, 5) is 0.624. The topological polar surface area (TPSA) is 20.2 Å². The summed E-state index contributed by atoms with van der Waals surface area (Å²) in [5, 5.41) is 8.90. The molecule has 2 heteroatoms. The van der Waals surface area contributed by atoms with E-state index in [4.69, 9.17) is 5.11 Å². The maximum atomic E-state index is 8.90. The van der Waals surface area contributed by atoms with Crippen molar-refractivity contribution in [2.45, 2.75) is 49.7 Å². The van der Waals surface area contributed by atoms with Crippen LogP contribution in [0.3, 0.4) is 0 Å². The Kier molecular flexibility index (Phi) is 8.95. The fraction of sp³-hybridized carbons (Fsp3) is 1.00. The van der Waals surface area contributed by atoms with Crippen LogP contribution in [-0.2, 0) is 0 Å². The van der Waals surface area contributed by atoms with Crippen LogP contribution in [0.4, 0.5) is 0 Å². The fourth-order valence-corrected chi connectivity index (χ4v) is 2.24. The normalized spacial score (nSPS) is 13.4. The molecule has 0 aromatic carbocycles. The predicted octanol–water partition coefficient (Wildman–Crippen LogP) is 2.49. The second-order valence-electron chi connectivity index (χ2n) is 2.89. The first-order valence-electron chi connectivity index (χ1n) is 4.48. The van der Waals surface area contributed by atoms with E-state index in [1.807, 2.05) is 0 Å². The summed E-state index contributed by atoms with van der Waals surface area (Å²) < 4.78 is 0. The van der Waals surface area contributed by atoms with Crippen molar-refractivity contribution in [3.05, 3.63) is 0 Å². The maximum absolute atomic E-state index is 8.90. The molecule has 68 valence electrons. The van der Waals surface area contributed by atoms with Crippen molar-refractivity contribution in [2.75, 3.05) is 6.61 Å². The molecule has 0 heterocycles. The van der Waals surface area contributed by atoms with Gasteiger partial charge in [-0.15, -0.1) is 0 Å². The van der Waals surface area contributed by atoms with Crippen LogP contribution in [0.25, 0.3) is 0 Å². The summed E-state index contributed by atoms with van der Waals surface area (Å²) in [7, 11) is 0. The van der Waals surface area contributed by atoms with Crippen LogP contribution in [-0.4, -0.2) is 26.7 Å². The molecule has 1 unspecified atom stereocenters. The van der Waals surface area contributed by atoms with Crippen LogP contribution in [0.5, 0.6) is 0 Å². The third-order valence-corrected chi connectivity index (χ3v) is 4.12. The zero-order valence-electron chi connectivity index (χ0n) is 7.68. The Labute approximate surface area is 76.7 Å². The molecule has 0 aliphatic carbocycles. The third kappa shape index (κ3) is 6.86. The number of hydrogen-bond donors (Lipinski definition) is 1. The minimum atomic E-state index is 0.405. The van der Waals surface area contributed by atoms with Crippen molar-refractivity contribution < 1.29 is 5.11 Å². The molecule has 0 aromatic rings. The van der Waals surface area contributed by atoms with Crippen LogP contribution < -0.4 is 0 Å². The average Bonchev–Trinajstić information content (AvgIpc) is 2.05. The Morgan fingerprint density at radius 3 is 2.45 bits per heavy atom. The third-order valence-electron chi connectivity index (χ3n) is 1.92. The van der Waals surface area contributed by atoms with Crippen molar-refractivity contribution in [3.63, 3.8) is 0 Å². The quantitative estimate of drug-likeness (QED) is 0.519. The molecule has 0 amide bonds. The van der Waals surface area contributed by atoms with Gasteiger partial charge in [-0.05, 0) is 0 Å². The minimum absolute atomic E-state index is 0.405. The van der Waals surface area contributed by atoms with Crippen LogP contribution in [0, 0.1) is 0 Å². The summed E-state index contributed by atoms with van der Waals surface area (Å²) in [5.74, 6) is 2.22. The molecule has 0 spiro atoms. The molecule has 1 nitrogen and oxygen atoms in total. The molecule has 0 aliphatic rings. The van der Waals surface area contributed by atoms with Crippen molar-refractivity contribution in [1.29, 1.82) is 0 Å². The summed E-state index contributed by atoms with van der Waals surface area (Å²) in [5.41, 5.74) is 0. The van der Waals surface area contributed by atoms with Crippen LogP contribution in [0.1, 0.15) is 39.0 Å². The van der Waals surface area contributed by atoms with E-state index in [0.717, 1.165) is 0 Å². The summed E-state index contributed by atoms with van der Waals surface area (Å²) >= 11 is 0.640. The SMILES string of the molecule is CCCCCCC(CO)[Se]C. The van der Waals surface area contributed by atoms with Gasteiger partial charge >= 0.3 is 76.3 Å². The van der Waals surface area contributed by atoms with E-state index < -0.39 is 0 Å². The Hall–Kier alpha value is 0.479. The van der Waals surface area contributed by atoms with E-state index in [9.17, 15) is 0 Å². The Morgan fingerprint density at radius 1 is 1.27 bits per heavy atom. The van der Waals surface area contributed by atoms with Gasteiger partial charge in [-0.2, -0.15) is 0 Å². The molecule has 0 saturated carbocycles. The molecule has 0 rings (SSSR count). The number of aliphatic hydroxyl groups excluding tert-OH is 1. The van der Waals surface area contributed by atoms with E-state index in [1.54, 1.807) is 0 Å². The van der Waals surface area contributed by atoms with Gasteiger partial charge in [0, 0.05) is 0 Å². The molecule has 0 aromatic heterocycles. The Balaban J connectivity index is 3.07. The monoisotopic (exact) mass is 224 g/mol. The van der Waals surface area contributed by atoms with Crippen molar-refractivity contribution >= 4 is 15.0 Å². The Morgan fingerprint density at radius 2 is 2.00 bits per heavy atom. The van der Waals surface area contributed by atoms with Crippen molar-refractivity contribution in [3.8, 4) is 0 Å². The standard InChI is InChI=1S/C9H20OSe/c1-3-4-5-6-7-9(8-10)11-2/h9-10H,3-8H2,1-2H3. The molecule has 1 atom stereocenters. The van der Waals surface area contributed by atoms with E-state index >= 15 is 0 Å². The summed E-state index contributed by atoms with van der Waals surface area (Å²) in [6.07, 6.45) is 6.57.